The molecule has 21 nitrogen and oxygen atoms in total. The lowest BCUT2D eigenvalue weighted by Gasteiger charge is -2.30. The van der Waals surface area contributed by atoms with E-state index in [2.05, 4.69) is 19.9 Å². The summed E-state index contributed by atoms with van der Waals surface area (Å²) in [6.07, 6.45) is 6.66. The number of para-hydroxylation sites is 4. The standard InChI is InChI=1S/C29H33NO5.C25H25NO5.C17H24O4.C12H11NO2.C11H10ClNO.3CH4/c1-18-15-20(16-19(2)25(18)34-29(6,7)27(32)35-28(3,4)5)13-14-24(31)22-17-21-11-9-10-12-23(21)30-26(22)33-8;1-15-12-17(13-16(2)22(15)31-25(3,4)24(28)29)10-11-21(27)19-14-18-8-6-7-9-20(18)26-23(19)30-5;1-11-8-13(10-18)9-12(2)14(11)20-17(6,7)15(19)21-16(3,4)5;1-8(14)10-7-9-5-3-4-6-11(9)13-12(10)15-2;1-7(14)9-6-8-4-2-3-5-10(8)13-11(9)12;;;/h9-17H,1-8H3;6-14H,1-5H3,(H,28,29);8-10H,1-7H3;3-7H,1-2H3;2-7,14H,1H3;3*1H4/b14-13+;11-10+;;;;;;/i;;;;;1T;;. The van der Waals surface area contributed by atoms with E-state index < -0.39 is 52.0 Å². The van der Waals surface area contributed by atoms with Crippen molar-refractivity contribution in [2.45, 2.75) is 195 Å². The number of fused-ring (bicyclic) bond motifs is 4. The molecule has 0 amide bonds. The van der Waals surface area contributed by atoms with Crippen molar-refractivity contribution < 1.29 is 83.0 Å². The first-order valence-electron chi connectivity index (χ1n) is 38.4. The van der Waals surface area contributed by atoms with Gasteiger partial charge in [-0.3, -0.25) is 19.2 Å². The van der Waals surface area contributed by atoms with Gasteiger partial charge in [0.25, 0.3) is 0 Å². The molecular weight excluding hydrogens is 1530 g/mol. The van der Waals surface area contributed by atoms with Gasteiger partial charge in [0.2, 0.25) is 17.6 Å². The third-order valence-corrected chi connectivity index (χ3v) is 17.8. The van der Waals surface area contributed by atoms with Gasteiger partial charge in [0.05, 0.1) is 66.2 Å². The highest BCUT2D eigenvalue weighted by Gasteiger charge is 2.38. The van der Waals surface area contributed by atoms with Crippen molar-refractivity contribution in [3.8, 4) is 34.9 Å². The van der Waals surface area contributed by atoms with Gasteiger partial charge in [0, 0.05) is 34.0 Å². The molecule has 11 aromatic rings. The molecular formula is C97H115ClN4O17. The van der Waals surface area contributed by atoms with Crippen molar-refractivity contribution in [2.24, 2.45) is 0 Å². The molecule has 632 valence electrons. The van der Waals surface area contributed by atoms with Gasteiger partial charge in [-0.05, 0) is 280 Å². The Morgan fingerprint density at radius 2 is 0.706 bits per heavy atom. The summed E-state index contributed by atoms with van der Waals surface area (Å²) in [5.74, 6) is 0.339. The van der Waals surface area contributed by atoms with Gasteiger partial charge < -0.3 is 48.1 Å². The van der Waals surface area contributed by atoms with E-state index in [4.69, 9.17) is 50.9 Å². The summed E-state index contributed by atoms with van der Waals surface area (Å²) in [6.45, 7) is 35.0. The third kappa shape index (κ3) is 27.2. The van der Waals surface area contributed by atoms with Crippen molar-refractivity contribution in [1.82, 2.24) is 19.9 Å². The van der Waals surface area contributed by atoms with E-state index in [0.29, 0.717) is 62.0 Å². The number of carboxylic acid groups (broad SMARTS) is 1. The molecule has 2 N–H and O–H groups in total. The van der Waals surface area contributed by atoms with Gasteiger partial charge in [0.15, 0.2) is 34.2 Å². The van der Waals surface area contributed by atoms with E-state index in [1.807, 2.05) is 217 Å². The number of hydrogen-bond acceptors (Lipinski definition) is 20. The topological polar surface area (TPSA) is 285 Å². The molecule has 4 aromatic heterocycles. The third-order valence-electron chi connectivity index (χ3n) is 17.5. The number of aliphatic carboxylic acids is 1. The normalized spacial score (nSPS) is 11.6. The maximum absolute atomic E-state index is 13.0. The summed E-state index contributed by atoms with van der Waals surface area (Å²) in [6, 6.07) is 48.7. The second-order valence-corrected chi connectivity index (χ2v) is 31.5. The number of aryl methyl sites for hydroxylation is 6. The fourth-order valence-corrected chi connectivity index (χ4v) is 12.0. The van der Waals surface area contributed by atoms with Crippen molar-refractivity contribution in [3.05, 3.63) is 247 Å². The highest BCUT2D eigenvalue weighted by atomic mass is 35.5. The Kier molecular flexibility index (Phi) is 34.6. The molecule has 0 saturated carbocycles. The van der Waals surface area contributed by atoms with Crippen LogP contribution in [-0.2, 0) is 23.9 Å². The number of methoxy groups -OCH3 is 3. The quantitative estimate of drug-likeness (QED) is 0.0222. The molecule has 11 rings (SSSR count). The molecule has 0 radical (unpaired) electrons. The van der Waals surface area contributed by atoms with Crippen LogP contribution < -0.4 is 28.4 Å². The zero-order valence-electron chi connectivity index (χ0n) is 72.2. The predicted molar refractivity (Wildman–Crippen MR) is 476 cm³/mol. The monoisotopic (exact) mass is 1640 g/mol. The maximum Gasteiger partial charge on any atom is 0.350 e. The van der Waals surface area contributed by atoms with Crippen LogP contribution in [-0.4, -0.2) is 121 Å². The van der Waals surface area contributed by atoms with Crippen LogP contribution in [0.5, 0.6) is 34.9 Å². The first-order valence-corrected chi connectivity index (χ1v) is 37.7. The number of carboxylic acids is 1. The van der Waals surface area contributed by atoms with E-state index >= 15 is 0 Å². The molecule has 1 unspecified atom stereocenters. The van der Waals surface area contributed by atoms with Gasteiger partial charge in [-0.1, -0.05) is 119 Å². The summed E-state index contributed by atoms with van der Waals surface area (Å²) >= 11 is 5.93. The molecule has 0 aliphatic rings. The fraction of sp³-hybridized carbons (Fsp3) is 0.330. The number of aldehydes is 1. The fourth-order valence-electron chi connectivity index (χ4n) is 11.7. The molecule has 7 aromatic carbocycles. The average molecular weight is 1650 g/mol. The number of benzene rings is 7. The molecule has 0 fully saturated rings. The minimum absolute atomic E-state index is 0. The summed E-state index contributed by atoms with van der Waals surface area (Å²) < 4.78 is 50.1. The summed E-state index contributed by atoms with van der Waals surface area (Å²) in [5.41, 5.74) is 7.52. The van der Waals surface area contributed by atoms with Crippen LogP contribution in [0.15, 0.2) is 170 Å². The van der Waals surface area contributed by atoms with E-state index in [1.165, 1.54) is 61.7 Å². The number of nitrogens with zero attached hydrogens (tertiary/aromatic N) is 4. The summed E-state index contributed by atoms with van der Waals surface area (Å²) in [4.78, 5) is 102. The lowest BCUT2D eigenvalue weighted by Crippen LogP contribution is -2.43. The Bertz CT molecular complexity index is 5490. The number of ketones is 3. The minimum Gasteiger partial charge on any atom is -0.480 e. The van der Waals surface area contributed by atoms with Crippen LogP contribution in [0, 0.1) is 41.5 Å². The number of rotatable bonds is 21. The number of pyridine rings is 4. The predicted octanol–water partition coefficient (Wildman–Crippen LogP) is 22.2. The SMILES string of the molecule is C.C.CC(O)c1cc2ccccc2nc1Cl.COc1nc2ccccc2cc1C(=O)/C=C/c1cc(C)c(OC(C)(C)C(=O)O)c(C)c1.COc1nc2ccccc2cc1C(=O)/C=C/c1cc(C)c(OC(C)(C)C(=O)OC(C)(C)C)c(C)c1.COc1nc2ccccc2cc1C(C)=O.Cc1cc(C=O)cc(C)c1OC(C)(C)C(=O)OC(C)(C)C.[3H]C. The minimum atomic E-state index is -1.34. The number of aromatic nitrogens is 4. The number of aliphatic hydroxyl groups excluding tert-OH is 1. The van der Waals surface area contributed by atoms with Crippen LogP contribution in [0.2, 0.25) is 5.15 Å². The maximum atomic E-state index is 13.0. The highest BCUT2D eigenvalue weighted by Crippen LogP contribution is 2.35. The number of carbonyl (C=O) groups is 7. The molecule has 1 atom stereocenters. The Morgan fingerprint density at radius 3 is 0.992 bits per heavy atom. The van der Waals surface area contributed by atoms with Gasteiger partial charge >= 0.3 is 17.9 Å². The number of halogens is 1. The lowest BCUT2D eigenvalue weighted by atomic mass is 10.0. The van der Waals surface area contributed by atoms with Crippen molar-refractivity contribution in [2.75, 3.05) is 21.3 Å². The van der Waals surface area contributed by atoms with Crippen LogP contribution in [0.25, 0.3) is 55.8 Å². The Hall–Kier alpha value is -12.2. The van der Waals surface area contributed by atoms with Crippen LogP contribution in [0.4, 0.5) is 0 Å². The first kappa shape index (κ1) is 97.4. The number of aliphatic hydroxyl groups is 1. The number of ether oxygens (including phenoxy) is 8. The second-order valence-electron chi connectivity index (χ2n) is 31.1. The lowest BCUT2D eigenvalue weighted by molar-refractivity contribution is -0.171. The van der Waals surface area contributed by atoms with E-state index in [1.54, 1.807) is 71.0 Å². The first-order chi connectivity index (χ1) is 55.3. The average Bonchev–Trinajstić information content (AvgIpc) is 0.792. The zero-order valence-corrected chi connectivity index (χ0v) is 71.9. The molecule has 4 heterocycles. The number of allylic oxidation sites excluding steroid dienone is 2. The summed E-state index contributed by atoms with van der Waals surface area (Å²) in [7, 11) is 5.76. The number of hydrogen-bond donors (Lipinski definition) is 2. The summed E-state index contributed by atoms with van der Waals surface area (Å²) in [5, 5.41) is 22.8. The van der Waals surface area contributed by atoms with Crippen LogP contribution >= 0.6 is 11.6 Å². The molecule has 22 heteroatoms. The number of carbonyl (C=O) groups excluding carboxylic acids is 6. The molecule has 0 bridgehead atoms. The van der Waals surface area contributed by atoms with Crippen LogP contribution in [0.1, 0.15) is 218 Å². The molecule has 119 heavy (non-hydrogen) atoms. The van der Waals surface area contributed by atoms with Crippen LogP contribution in [0.3, 0.4) is 0 Å². The van der Waals surface area contributed by atoms with Crippen molar-refractivity contribution in [3.63, 3.8) is 0 Å². The molecule has 0 saturated heterocycles. The Balaban J connectivity index is 0.000000325. The highest BCUT2D eigenvalue weighted by molar-refractivity contribution is 6.30. The molecule has 0 aliphatic heterocycles. The van der Waals surface area contributed by atoms with E-state index in [0.717, 1.165) is 94.4 Å². The van der Waals surface area contributed by atoms with E-state index in [-0.39, 0.29) is 38.1 Å². The second kappa shape index (κ2) is 42.3. The van der Waals surface area contributed by atoms with Gasteiger partial charge in [0.1, 0.15) is 39.9 Å². The number of Topliss-reactive ketones (excluding diaryl/α,β-unsaturated/α-hetero) is 1. The van der Waals surface area contributed by atoms with Crippen molar-refractivity contribution in [1.29, 1.82) is 0 Å². The number of esters is 2. The van der Waals surface area contributed by atoms with Crippen molar-refractivity contribution >= 4 is 109 Å². The smallest absolute Gasteiger partial charge is 0.350 e. The van der Waals surface area contributed by atoms with Gasteiger partial charge in [-0.15, -0.1) is 0 Å². The van der Waals surface area contributed by atoms with E-state index in [9.17, 15) is 43.8 Å². The van der Waals surface area contributed by atoms with Gasteiger partial charge in [-0.2, -0.15) is 0 Å². The zero-order chi connectivity index (χ0) is 88.1. The Labute approximate surface area is 706 Å². The molecule has 0 spiro atoms. The largest absolute Gasteiger partial charge is 0.480 e. The van der Waals surface area contributed by atoms with Gasteiger partial charge in [-0.25, -0.2) is 34.3 Å². The Morgan fingerprint density at radius 1 is 0.429 bits per heavy atom. The molecule has 0 aliphatic carbocycles.